The zero-order valence-corrected chi connectivity index (χ0v) is 19.1. The minimum atomic E-state index is -0.633. The normalized spacial score (nSPS) is 11.5. The maximum absolute atomic E-state index is 14.6. The Morgan fingerprint density at radius 3 is 2.53 bits per heavy atom. The lowest BCUT2D eigenvalue weighted by molar-refractivity contribution is 0.635. The summed E-state index contributed by atoms with van der Waals surface area (Å²) in [5, 5.41) is 3.14. The monoisotopic (exact) mass is 478 g/mol. The Bertz CT molecular complexity index is 1680. The van der Waals surface area contributed by atoms with Crippen molar-refractivity contribution in [3.63, 3.8) is 0 Å². The molecule has 0 saturated carbocycles. The predicted molar refractivity (Wildman–Crippen MR) is 134 cm³/mol. The fraction of sp³-hybridized carbons (Fsp3) is 0.0769. The van der Waals surface area contributed by atoms with Gasteiger partial charge in [-0.15, -0.1) is 0 Å². The summed E-state index contributed by atoms with van der Waals surface area (Å²) in [6.45, 7) is 1.81. The average Bonchev–Trinajstić information content (AvgIpc) is 2.89. The zero-order chi connectivity index (χ0) is 25.1. The van der Waals surface area contributed by atoms with E-state index in [-0.39, 0.29) is 16.7 Å². The maximum Gasteiger partial charge on any atom is 0.269 e. The van der Waals surface area contributed by atoms with Gasteiger partial charge >= 0.3 is 0 Å². The first-order valence-corrected chi connectivity index (χ1v) is 11.0. The van der Waals surface area contributed by atoms with Gasteiger partial charge in [0.1, 0.15) is 40.6 Å². The molecule has 1 atom stereocenters. The second kappa shape index (κ2) is 9.60. The molecule has 2 aromatic carbocycles. The van der Waals surface area contributed by atoms with Crippen molar-refractivity contribution in [3.8, 4) is 17.5 Å². The molecule has 9 nitrogen and oxygen atoms in total. The molecule has 1 unspecified atom stereocenters. The van der Waals surface area contributed by atoms with Gasteiger partial charge in [-0.2, -0.15) is 0 Å². The van der Waals surface area contributed by atoms with Crippen molar-refractivity contribution >= 4 is 22.5 Å². The largest absolute Gasteiger partial charge is 0.382 e. The summed E-state index contributed by atoms with van der Waals surface area (Å²) < 4.78 is 16.0. The summed E-state index contributed by atoms with van der Waals surface area (Å²) in [7, 11) is 0. The van der Waals surface area contributed by atoms with Crippen molar-refractivity contribution in [2.45, 2.75) is 13.0 Å². The first-order chi connectivity index (χ1) is 17.5. The van der Waals surface area contributed by atoms with Crippen LogP contribution in [0.4, 0.5) is 16.0 Å². The third-order valence-electron chi connectivity index (χ3n) is 5.37. The molecular formula is C26H19FN8O. The highest BCUT2D eigenvalue weighted by Crippen LogP contribution is 2.24. The van der Waals surface area contributed by atoms with Gasteiger partial charge in [-0.25, -0.2) is 29.3 Å². The van der Waals surface area contributed by atoms with Crippen LogP contribution in [0.25, 0.3) is 16.6 Å². The Hall–Kier alpha value is -5.17. The zero-order valence-electron chi connectivity index (χ0n) is 19.1. The number of fused-ring (bicyclic) bond motifs is 1. The standard InChI is InChI=1S/C26H19FN8O/c1-16(33-24-18(23(28)31-15-32-24)11-12-21-29-13-6-14-30-21)25-34-20-10-5-9-19(27)22(20)26(36)35(25)17-7-3-2-4-8-17/h2-10,13-16H,1H3,(H3,28,31,32,33). The second-order valence-electron chi connectivity index (χ2n) is 7.75. The number of nitrogen functional groups attached to an aromatic ring is 1. The second-order valence-corrected chi connectivity index (χ2v) is 7.75. The van der Waals surface area contributed by atoms with E-state index in [1.807, 2.05) is 13.0 Å². The predicted octanol–water partition coefficient (Wildman–Crippen LogP) is 3.26. The highest BCUT2D eigenvalue weighted by Gasteiger charge is 2.21. The van der Waals surface area contributed by atoms with Crippen molar-refractivity contribution in [2.24, 2.45) is 0 Å². The number of hydrogen-bond acceptors (Lipinski definition) is 8. The smallest absolute Gasteiger partial charge is 0.269 e. The highest BCUT2D eigenvalue weighted by atomic mass is 19.1. The number of aromatic nitrogens is 6. The number of nitrogens with one attached hydrogen (secondary N) is 1. The quantitative estimate of drug-likeness (QED) is 0.377. The van der Waals surface area contributed by atoms with Crippen molar-refractivity contribution < 1.29 is 4.39 Å². The van der Waals surface area contributed by atoms with Crippen LogP contribution in [0, 0.1) is 17.7 Å². The summed E-state index contributed by atoms with van der Waals surface area (Å²) in [4.78, 5) is 34.6. The summed E-state index contributed by atoms with van der Waals surface area (Å²) in [5.74, 6) is 6.31. The summed E-state index contributed by atoms with van der Waals surface area (Å²) in [6, 6.07) is 14.4. The van der Waals surface area contributed by atoms with Crippen molar-refractivity contribution in [3.05, 3.63) is 107 Å². The van der Waals surface area contributed by atoms with Crippen LogP contribution in [0.1, 0.15) is 30.2 Å². The highest BCUT2D eigenvalue weighted by molar-refractivity contribution is 5.78. The molecule has 36 heavy (non-hydrogen) atoms. The molecule has 3 N–H and O–H groups in total. The van der Waals surface area contributed by atoms with Crippen LogP contribution in [-0.2, 0) is 0 Å². The SMILES string of the molecule is CC(Nc1ncnc(N)c1C#Cc1ncccn1)c1nc2cccc(F)c2c(=O)n1-c1ccccc1. The van der Waals surface area contributed by atoms with Crippen LogP contribution < -0.4 is 16.6 Å². The van der Waals surface area contributed by atoms with Crippen molar-refractivity contribution in [2.75, 3.05) is 11.1 Å². The number of nitrogens with two attached hydrogens (primary N) is 1. The topological polar surface area (TPSA) is 124 Å². The minimum Gasteiger partial charge on any atom is -0.382 e. The Labute approximate surface area is 204 Å². The molecule has 0 saturated heterocycles. The van der Waals surface area contributed by atoms with Crippen LogP contribution in [0.15, 0.2) is 78.1 Å². The van der Waals surface area contributed by atoms with E-state index in [4.69, 9.17) is 5.73 Å². The van der Waals surface area contributed by atoms with E-state index in [9.17, 15) is 9.18 Å². The number of nitrogens with zero attached hydrogens (tertiary/aromatic N) is 6. The van der Waals surface area contributed by atoms with Crippen LogP contribution in [0.5, 0.6) is 0 Å². The molecule has 0 fully saturated rings. The van der Waals surface area contributed by atoms with Gasteiger partial charge < -0.3 is 11.1 Å². The Kier molecular flexibility index (Phi) is 6.03. The Balaban J connectivity index is 1.62. The number of halogens is 1. The molecule has 0 aliphatic heterocycles. The van der Waals surface area contributed by atoms with Gasteiger partial charge in [0.2, 0.25) is 5.82 Å². The van der Waals surface area contributed by atoms with E-state index in [0.29, 0.717) is 28.7 Å². The molecular weight excluding hydrogens is 459 g/mol. The number of rotatable bonds is 4. The van der Waals surface area contributed by atoms with Crippen LogP contribution >= 0.6 is 0 Å². The molecule has 176 valence electrons. The van der Waals surface area contributed by atoms with Gasteiger partial charge in [-0.1, -0.05) is 30.2 Å². The molecule has 0 aliphatic carbocycles. The van der Waals surface area contributed by atoms with E-state index in [2.05, 4.69) is 42.1 Å². The minimum absolute atomic E-state index is 0.0852. The fourth-order valence-corrected chi connectivity index (χ4v) is 3.71. The molecule has 0 amide bonds. The van der Waals surface area contributed by atoms with Gasteiger partial charge in [0.15, 0.2) is 0 Å². The van der Waals surface area contributed by atoms with Crippen LogP contribution in [0.2, 0.25) is 0 Å². The third kappa shape index (κ3) is 4.33. The van der Waals surface area contributed by atoms with Crippen molar-refractivity contribution in [1.29, 1.82) is 0 Å². The molecule has 5 aromatic rings. The third-order valence-corrected chi connectivity index (χ3v) is 5.37. The van der Waals surface area contributed by atoms with E-state index >= 15 is 0 Å². The number of benzene rings is 2. The van der Waals surface area contributed by atoms with Gasteiger partial charge in [0, 0.05) is 12.4 Å². The Morgan fingerprint density at radius 2 is 1.75 bits per heavy atom. The summed E-state index contributed by atoms with van der Waals surface area (Å²) in [6.07, 6.45) is 4.47. The van der Waals surface area contributed by atoms with E-state index in [1.54, 1.807) is 48.8 Å². The van der Waals surface area contributed by atoms with Crippen LogP contribution in [-0.4, -0.2) is 29.5 Å². The lowest BCUT2D eigenvalue weighted by Gasteiger charge is -2.20. The number of anilines is 2. The molecule has 5 rings (SSSR count). The lowest BCUT2D eigenvalue weighted by Crippen LogP contribution is -2.28. The van der Waals surface area contributed by atoms with E-state index in [1.165, 1.54) is 23.0 Å². The van der Waals surface area contributed by atoms with Gasteiger partial charge in [0.25, 0.3) is 5.56 Å². The van der Waals surface area contributed by atoms with Crippen molar-refractivity contribution in [1.82, 2.24) is 29.5 Å². The fourth-order valence-electron chi connectivity index (χ4n) is 3.71. The number of hydrogen-bond donors (Lipinski definition) is 2. The van der Waals surface area contributed by atoms with Gasteiger partial charge in [0.05, 0.1) is 17.2 Å². The van der Waals surface area contributed by atoms with E-state index < -0.39 is 17.4 Å². The molecule has 0 bridgehead atoms. The molecule has 3 aromatic heterocycles. The number of para-hydroxylation sites is 1. The maximum atomic E-state index is 14.6. The molecule has 3 heterocycles. The molecule has 0 radical (unpaired) electrons. The average molecular weight is 478 g/mol. The molecule has 0 aliphatic rings. The Morgan fingerprint density at radius 1 is 0.972 bits per heavy atom. The van der Waals surface area contributed by atoms with Gasteiger partial charge in [-0.3, -0.25) is 9.36 Å². The molecule has 0 spiro atoms. The summed E-state index contributed by atoms with van der Waals surface area (Å²) in [5.41, 5.74) is 6.71. The van der Waals surface area contributed by atoms with E-state index in [0.717, 1.165) is 0 Å². The van der Waals surface area contributed by atoms with Gasteiger partial charge in [-0.05, 0) is 43.2 Å². The first-order valence-electron chi connectivity index (χ1n) is 11.0. The molecule has 10 heteroatoms. The van der Waals surface area contributed by atoms with Crippen LogP contribution in [0.3, 0.4) is 0 Å². The lowest BCUT2D eigenvalue weighted by atomic mass is 10.2. The summed E-state index contributed by atoms with van der Waals surface area (Å²) >= 11 is 0. The first kappa shape index (κ1) is 22.6.